The molecule has 0 fully saturated rings. The van der Waals surface area contributed by atoms with Gasteiger partial charge in [0.25, 0.3) is 0 Å². The third-order valence-electron chi connectivity index (χ3n) is 3.42. The number of aliphatic imine (C=N–C) groups is 2. The molecule has 0 aromatic carbocycles. The highest BCUT2D eigenvalue weighted by Gasteiger charge is 2.28. The third kappa shape index (κ3) is 27.0. The van der Waals surface area contributed by atoms with Gasteiger partial charge >= 0.3 is 0 Å². The lowest BCUT2D eigenvalue weighted by Crippen LogP contribution is -2.36. The molecule has 0 saturated heterocycles. The molecule has 4 atom stereocenters. The molecule has 0 amide bonds. The lowest BCUT2D eigenvalue weighted by molar-refractivity contribution is 0.555. The molecular formula is C29H68N2. The maximum atomic E-state index is 4.75. The fourth-order valence-electron chi connectivity index (χ4n) is 1.92. The molecule has 0 aromatic rings. The van der Waals surface area contributed by atoms with Gasteiger partial charge in [-0.2, -0.15) is 0 Å². The molecule has 1 heterocycles. The zero-order valence-corrected chi connectivity index (χ0v) is 23.5. The molecule has 0 radical (unpaired) electrons. The number of nitrogens with zero attached hydrogens (tertiary/aromatic N) is 2. The molecule has 1 aliphatic carbocycles. The standard InChI is InChI=1S/C12H18N2.3C3H8.3C2H6.2CH4/c1-7-5-6-11-12(8(7)2)14-10(4)9(3)13-11;3*1-3-2;3*1-2;;/h5-10H,1-4H3;3*3H2,1-2H3;3*1-2H3;2*1H4/t7-,8-,9-,10+;;;;;;;;/m0......../s1. The van der Waals surface area contributed by atoms with Crippen LogP contribution in [-0.2, 0) is 0 Å². The first-order valence-corrected chi connectivity index (χ1v) is 12.7. The molecule has 0 aromatic heterocycles. The number of rotatable bonds is 0. The Morgan fingerprint density at radius 1 is 0.613 bits per heavy atom. The van der Waals surface area contributed by atoms with Crippen molar-refractivity contribution in [3.05, 3.63) is 12.2 Å². The summed E-state index contributed by atoms with van der Waals surface area (Å²) in [4.78, 5) is 9.42. The van der Waals surface area contributed by atoms with Crippen LogP contribution in [0, 0.1) is 11.8 Å². The van der Waals surface area contributed by atoms with Crippen LogP contribution in [0.25, 0.3) is 0 Å². The van der Waals surface area contributed by atoms with E-state index in [1.165, 1.54) is 25.0 Å². The van der Waals surface area contributed by atoms with Gasteiger partial charge in [-0.05, 0) is 25.8 Å². The minimum atomic E-state index is 0. The van der Waals surface area contributed by atoms with Crippen molar-refractivity contribution in [2.75, 3.05) is 0 Å². The van der Waals surface area contributed by atoms with E-state index in [2.05, 4.69) is 86.4 Å². The average Bonchev–Trinajstić information content (AvgIpc) is 2.73. The van der Waals surface area contributed by atoms with E-state index in [1.807, 2.05) is 41.5 Å². The second kappa shape index (κ2) is 39.5. The SMILES string of the molecule is C.C.CC.CC.CC.CCC.CCC.CCC.C[C@@H]1N=C2C=C[C@H](C)[C@H](C)C2=N[C@@H]1C. The predicted octanol–water partition coefficient (Wildman–Crippen LogP) is 11.1. The maximum absolute atomic E-state index is 4.75. The Balaban J connectivity index is -0.0000000576. The first-order valence-electron chi connectivity index (χ1n) is 12.7. The van der Waals surface area contributed by atoms with Crippen LogP contribution in [0.3, 0.4) is 0 Å². The minimum absolute atomic E-state index is 0. The van der Waals surface area contributed by atoms with Gasteiger partial charge in [0, 0.05) is 5.92 Å². The second-order valence-corrected chi connectivity index (χ2v) is 6.64. The zero-order chi connectivity index (χ0) is 24.4. The molecule has 0 bridgehead atoms. The number of allylic oxidation sites excluding steroid dienone is 2. The highest BCUT2D eigenvalue weighted by atomic mass is 15.0. The summed E-state index contributed by atoms with van der Waals surface area (Å²) in [5.74, 6) is 1.11. The topological polar surface area (TPSA) is 24.7 Å². The monoisotopic (exact) mass is 445 g/mol. The van der Waals surface area contributed by atoms with Crippen molar-refractivity contribution in [2.24, 2.45) is 21.8 Å². The van der Waals surface area contributed by atoms with Gasteiger partial charge in [0.15, 0.2) is 0 Å². The van der Waals surface area contributed by atoms with E-state index in [-0.39, 0.29) is 14.9 Å². The van der Waals surface area contributed by atoms with Crippen LogP contribution in [0.1, 0.15) is 145 Å². The molecule has 2 nitrogen and oxygen atoms in total. The van der Waals surface area contributed by atoms with Crippen molar-refractivity contribution in [1.82, 2.24) is 0 Å². The van der Waals surface area contributed by atoms with E-state index in [0.29, 0.717) is 23.9 Å². The van der Waals surface area contributed by atoms with Gasteiger partial charge in [-0.15, -0.1) is 0 Å². The first-order chi connectivity index (χ1) is 13.8. The van der Waals surface area contributed by atoms with E-state index >= 15 is 0 Å². The fourth-order valence-corrected chi connectivity index (χ4v) is 1.92. The Morgan fingerprint density at radius 2 is 0.903 bits per heavy atom. The van der Waals surface area contributed by atoms with E-state index in [9.17, 15) is 0 Å². The van der Waals surface area contributed by atoms with Gasteiger partial charge in [-0.1, -0.05) is 137 Å². The minimum Gasteiger partial charge on any atom is -0.282 e. The highest BCUT2D eigenvalue weighted by Crippen LogP contribution is 2.24. The summed E-state index contributed by atoms with van der Waals surface area (Å²) in [6.07, 6.45) is 8.12. The van der Waals surface area contributed by atoms with E-state index in [1.54, 1.807) is 0 Å². The van der Waals surface area contributed by atoms with Crippen molar-refractivity contribution in [3.8, 4) is 0 Å². The van der Waals surface area contributed by atoms with Crippen molar-refractivity contribution in [1.29, 1.82) is 0 Å². The van der Waals surface area contributed by atoms with Crippen molar-refractivity contribution >= 4 is 11.4 Å². The zero-order valence-electron chi connectivity index (χ0n) is 23.5. The van der Waals surface area contributed by atoms with Crippen LogP contribution in [-0.4, -0.2) is 23.5 Å². The third-order valence-corrected chi connectivity index (χ3v) is 3.42. The van der Waals surface area contributed by atoms with Gasteiger partial charge < -0.3 is 0 Å². The Labute approximate surface area is 202 Å². The fraction of sp³-hybridized carbons (Fsp3) is 0.862. The molecule has 194 valence electrons. The van der Waals surface area contributed by atoms with Crippen LogP contribution < -0.4 is 0 Å². The van der Waals surface area contributed by atoms with Crippen LogP contribution in [0.5, 0.6) is 0 Å². The Hall–Kier alpha value is -0.920. The Bertz CT molecular complexity index is 362. The Kier molecular flexibility index (Phi) is 60.9. The lowest BCUT2D eigenvalue weighted by atomic mass is 9.83. The molecule has 2 rings (SSSR count). The van der Waals surface area contributed by atoms with Crippen LogP contribution in [0.15, 0.2) is 22.1 Å². The van der Waals surface area contributed by atoms with Crippen molar-refractivity contribution < 1.29 is 0 Å². The molecule has 2 heteroatoms. The largest absolute Gasteiger partial charge is 0.282 e. The summed E-state index contributed by atoms with van der Waals surface area (Å²) < 4.78 is 0. The quantitative estimate of drug-likeness (QED) is 0.355. The van der Waals surface area contributed by atoms with Crippen LogP contribution in [0.4, 0.5) is 0 Å². The van der Waals surface area contributed by atoms with Crippen LogP contribution >= 0.6 is 0 Å². The van der Waals surface area contributed by atoms with Gasteiger partial charge in [0.2, 0.25) is 0 Å². The van der Waals surface area contributed by atoms with Crippen molar-refractivity contribution in [2.45, 2.75) is 157 Å². The summed E-state index contributed by atoms with van der Waals surface area (Å²) >= 11 is 0. The van der Waals surface area contributed by atoms with E-state index in [4.69, 9.17) is 4.99 Å². The smallest absolute Gasteiger partial charge is 0.0788 e. The summed E-state index contributed by atoms with van der Waals surface area (Å²) in [5.41, 5.74) is 2.33. The summed E-state index contributed by atoms with van der Waals surface area (Å²) in [6.45, 7) is 33.5. The number of hydrogen-bond acceptors (Lipinski definition) is 2. The summed E-state index contributed by atoms with van der Waals surface area (Å²) in [7, 11) is 0. The lowest BCUT2D eigenvalue weighted by Gasteiger charge is -2.30. The van der Waals surface area contributed by atoms with Gasteiger partial charge in [0.1, 0.15) is 0 Å². The van der Waals surface area contributed by atoms with Crippen LogP contribution in [0.2, 0.25) is 0 Å². The molecule has 0 unspecified atom stereocenters. The summed E-state index contributed by atoms with van der Waals surface area (Å²) in [5, 5.41) is 0. The molecule has 0 spiro atoms. The first kappa shape index (κ1) is 47.8. The predicted molar refractivity (Wildman–Crippen MR) is 157 cm³/mol. The van der Waals surface area contributed by atoms with E-state index in [0.717, 1.165) is 5.71 Å². The van der Waals surface area contributed by atoms with Gasteiger partial charge in [0.05, 0.1) is 23.5 Å². The highest BCUT2D eigenvalue weighted by molar-refractivity contribution is 6.48. The maximum Gasteiger partial charge on any atom is 0.0788 e. The normalized spacial score (nSPS) is 21.0. The number of hydrogen-bond donors (Lipinski definition) is 0. The van der Waals surface area contributed by atoms with Gasteiger partial charge in [-0.3, -0.25) is 9.98 Å². The number of fused-ring (bicyclic) bond motifs is 1. The summed E-state index contributed by atoms with van der Waals surface area (Å²) in [6, 6.07) is 0.675. The molecule has 2 aliphatic rings. The molecule has 1 aliphatic heterocycles. The van der Waals surface area contributed by atoms with Crippen molar-refractivity contribution in [3.63, 3.8) is 0 Å². The second-order valence-electron chi connectivity index (χ2n) is 6.64. The average molecular weight is 445 g/mol. The molecule has 31 heavy (non-hydrogen) atoms. The Morgan fingerprint density at radius 3 is 1.23 bits per heavy atom. The van der Waals surface area contributed by atoms with Gasteiger partial charge in [-0.25, -0.2) is 0 Å². The molecular weight excluding hydrogens is 376 g/mol. The molecule has 0 saturated carbocycles. The molecule has 0 N–H and O–H groups in total. The van der Waals surface area contributed by atoms with E-state index < -0.39 is 0 Å².